The first-order chi connectivity index (χ1) is 9.25. The summed E-state index contributed by atoms with van der Waals surface area (Å²) in [5.74, 6) is 1.09. The van der Waals surface area contributed by atoms with Gasteiger partial charge in [-0.3, -0.25) is 9.69 Å². The molecule has 1 heterocycles. The van der Waals surface area contributed by atoms with Crippen molar-refractivity contribution in [3.63, 3.8) is 0 Å². The molecule has 1 atom stereocenters. The molecule has 0 aromatic rings. The number of ether oxygens (including phenoxy) is 1. The summed E-state index contributed by atoms with van der Waals surface area (Å²) in [6.45, 7) is 7.85. The van der Waals surface area contributed by atoms with Crippen molar-refractivity contribution in [2.75, 3.05) is 39.4 Å². The maximum atomic E-state index is 12.1. The van der Waals surface area contributed by atoms with Gasteiger partial charge in [-0.05, 0) is 18.8 Å². The highest BCUT2D eigenvalue weighted by Gasteiger charge is 2.21. The summed E-state index contributed by atoms with van der Waals surface area (Å²) in [6, 6.07) is 0. The number of carbonyl (C=O) groups is 1. The predicted molar refractivity (Wildman–Crippen MR) is 76.0 cm³/mol. The summed E-state index contributed by atoms with van der Waals surface area (Å²) in [4.78, 5) is 14.5. The molecule has 0 aromatic heterocycles. The average Bonchev–Trinajstić information content (AvgIpc) is 2.47. The van der Waals surface area contributed by atoms with Gasteiger partial charge in [0, 0.05) is 32.1 Å². The average molecular weight is 268 g/mol. The van der Waals surface area contributed by atoms with Crippen LogP contribution < -0.4 is 5.32 Å². The maximum Gasteiger partial charge on any atom is 0.223 e. The fourth-order valence-electron chi connectivity index (χ4n) is 3.07. The third-order valence-corrected chi connectivity index (χ3v) is 4.27. The summed E-state index contributed by atoms with van der Waals surface area (Å²) in [7, 11) is 0. The van der Waals surface area contributed by atoms with E-state index < -0.39 is 0 Å². The molecule has 2 fully saturated rings. The Kier molecular flexibility index (Phi) is 6.11. The number of rotatable bonds is 5. The third-order valence-electron chi connectivity index (χ3n) is 4.27. The maximum absolute atomic E-state index is 12.1. The van der Waals surface area contributed by atoms with Crippen molar-refractivity contribution in [3.8, 4) is 0 Å². The second kappa shape index (κ2) is 7.85. The predicted octanol–water partition coefficient (Wildman–Crippen LogP) is 1.65. The number of morpholine rings is 1. The highest BCUT2D eigenvalue weighted by atomic mass is 16.5. The molecule has 0 bridgehead atoms. The van der Waals surface area contributed by atoms with Crippen LogP contribution in [0.1, 0.15) is 39.0 Å². The van der Waals surface area contributed by atoms with Gasteiger partial charge in [0.1, 0.15) is 0 Å². The van der Waals surface area contributed by atoms with Crippen molar-refractivity contribution in [1.82, 2.24) is 10.2 Å². The second-order valence-corrected chi connectivity index (χ2v) is 6.10. The van der Waals surface area contributed by atoms with E-state index in [2.05, 4.69) is 17.1 Å². The zero-order valence-corrected chi connectivity index (χ0v) is 12.2. The van der Waals surface area contributed by atoms with Crippen molar-refractivity contribution in [1.29, 1.82) is 0 Å². The first-order valence-electron chi connectivity index (χ1n) is 7.83. The number of hydrogen-bond donors (Lipinski definition) is 1. The van der Waals surface area contributed by atoms with Gasteiger partial charge < -0.3 is 10.1 Å². The standard InChI is InChI=1S/C15H28N2O2/c1-13(12-17-7-9-19-10-8-17)11-16-15(18)14-5-3-2-4-6-14/h13-14H,2-12H2,1H3,(H,16,18). The normalized spacial score (nSPS) is 24.1. The minimum absolute atomic E-state index is 0.282. The Morgan fingerprint density at radius 3 is 2.63 bits per heavy atom. The molecule has 1 aliphatic carbocycles. The van der Waals surface area contributed by atoms with Gasteiger partial charge in [-0.15, -0.1) is 0 Å². The minimum Gasteiger partial charge on any atom is -0.379 e. The van der Waals surface area contributed by atoms with Gasteiger partial charge in [-0.1, -0.05) is 26.2 Å². The van der Waals surface area contributed by atoms with Crippen LogP contribution in [0.3, 0.4) is 0 Å². The molecule has 2 aliphatic rings. The van der Waals surface area contributed by atoms with Gasteiger partial charge in [0.15, 0.2) is 0 Å². The van der Waals surface area contributed by atoms with Crippen LogP contribution in [0.2, 0.25) is 0 Å². The summed E-state index contributed by atoms with van der Waals surface area (Å²) >= 11 is 0. The third kappa shape index (κ3) is 5.11. The lowest BCUT2D eigenvalue weighted by Gasteiger charge is -2.29. The van der Waals surface area contributed by atoms with Crippen LogP contribution in [0.4, 0.5) is 0 Å². The number of amides is 1. The first-order valence-corrected chi connectivity index (χ1v) is 7.83. The van der Waals surface area contributed by atoms with E-state index in [-0.39, 0.29) is 11.8 Å². The zero-order valence-electron chi connectivity index (χ0n) is 12.2. The number of nitrogens with zero attached hydrogens (tertiary/aromatic N) is 1. The highest BCUT2D eigenvalue weighted by Crippen LogP contribution is 2.23. The Hall–Kier alpha value is -0.610. The summed E-state index contributed by atoms with van der Waals surface area (Å²) < 4.78 is 5.35. The molecule has 110 valence electrons. The van der Waals surface area contributed by atoms with Crippen LogP contribution in [0.15, 0.2) is 0 Å². The summed E-state index contributed by atoms with van der Waals surface area (Å²) in [5.41, 5.74) is 0. The minimum atomic E-state index is 0.282. The molecule has 1 amide bonds. The SMILES string of the molecule is CC(CNC(=O)C1CCCCC1)CN1CCOCC1. The van der Waals surface area contributed by atoms with Gasteiger partial charge in [-0.2, -0.15) is 0 Å². The van der Waals surface area contributed by atoms with Crippen molar-refractivity contribution in [2.24, 2.45) is 11.8 Å². The number of hydrogen-bond acceptors (Lipinski definition) is 3. The van der Waals surface area contributed by atoms with Gasteiger partial charge in [-0.25, -0.2) is 0 Å². The fraction of sp³-hybridized carbons (Fsp3) is 0.933. The molecule has 2 rings (SSSR count). The Balaban J connectivity index is 1.61. The van der Waals surface area contributed by atoms with Crippen molar-refractivity contribution in [3.05, 3.63) is 0 Å². The number of nitrogens with one attached hydrogen (secondary N) is 1. The molecule has 0 spiro atoms. The van der Waals surface area contributed by atoms with Crippen molar-refractivity contribution in [2.45, 2.75) is 39.0 Å². The van der Waals surface area contributed by atoms with E-state index in [1.807, 2.05) is 0 Å². The smallest absolute Gasteiger partial charge is 0.223 e. The van der Waals surface area contributed by atoms with Crippen LogP contribution >= 0.6 is 0 Å². The topological polar surface area (TPSA) is 41.6 Å². The van der Waals surface area contributed by atoms with E-state index in [9.17, 15) is 4.79 Å². The first kappa shape index (κ1) is 14.8. The lowest BCUT2D eigenvalue weighted by atomic mass is 9.88. The largest absolute Gasteiger partial charge is 0.379 e. The van der Waals surface area contributed by atoms with E-state index >= 15 is 0 Å². The molecule has 4 heteroatoms. The Labute approximate surface area is 116 Å². The molecule has 0 radical (unpaired) electrons. The van der Waals surface area contributed by atoms with Crippen molar-refractivity contribution >= 4 is 5.91 Å². The van der Waals surface area contributed by atoms with Gasteiger partial charge >= 0.3 is 0 Å². The lowest BCUT2D eigenvalue weighted by Crippen LogP contribution is -2.42. The summed E-state index contributed by atoms with van der Waals surface area (Å²) in [5, 5.41) is 3.14. The van der Waals surface area contributed by atoms with Crippen LogP contribution in [0.5, 0.6) is 0 Å². The molecule has 1 saturated carbocycles. The second-order valence-electron chi connectivity index (χ2n) is 6.10. The van der Waals surface area contributed by atoms with Gasteiger partial charge in [0.05, 0.1) is 13.2 Å². The Bertz CT molecular complexity index is 271. The van der Waals surface area contributed by atoms with Crippen LogP contribution in [-0.2, 0) is 9.53 Å². The van der Waals surface area contributed by atoms with Gasteiger partial charge in [0.25, 0.3) is 0 Å². The Morgan fingerprint density at radius 2 is 1.95 bits per heavy atom. The van der Waals surface area contributed by atoms with E-state index in [4.69, 9.17) is 4.74 Å². The Morgan fingerprint density at radius 1 is 1.26 bits per heavy atom. The van der Waals surface area contributed by atoms with Crippen LogP contribution in [0.25, 0.3) is 0 Å². The molecule has 19 heavy (non-hydrogen) atoms. The fourth-order valence-corrected chi connectivity index (χ4v) is 3.07. The molecule has 1 N–H and O–H groups in total. The van der Waals surface area contributed by atoms with E-state index in [0.29, 0.717) is 5.92 Å². The molecule has 1 unspecified atom stereocenters. The molecule has 1 saturated heterocycles. The summed E-state index contributed by atoms with van der Waals surface area (Å²) in [6.07, 6.45) is 5.92. The molecule has 1 aliphatic heterocycles. The zero-order chi connectivity index (χ0) is 13.5. The van der Waals surface area contributed by atoms with E-state index in [1.165, 1.54) is 19.3 Å². The molecule has 4 nitrogen and oxygen atoms in total. The quantitative estimate of drug-likeness (QED) is 0.824. The molecular formula is C15H28N2O2. The van der Waals surface area contributed by atoms with E-state index in [1.54, 1.807) is 0 Å². The van der Waals surface area contributed by atoms with Crippen LogP contribution in [-0.4, -0.2) is 50.2 Å². The van der Waals surface area contributed by atoms with Crippen LogP contribution in [0, 0.1) is 11.8 Å². The van der Waals surface area contributed by atoms with E-state index in [0.717, 1.165) is 52.2 Å². The van der Waals surface area contributed by atoms with Crippen molar-refractivity contribution < 1.29 is 9.53 Å². The molecule has 0 aromatic carbocycles. The lowest BCUT2D eigenvalue weighted by molar-refractivity contribution is -0.126. The molecular weight excluding hydrogens is 240 g/mol. The van der Waals surface area contributed by atoms with Gasteiger partial charge in [0.2, 0.25) is 5.91 Å². The monoisotopic (exact) mass is 268 g/mol. The number of carbonyl (C=O) groups excluding carboxylic acids is 1. The highest BCUT2D eigenvalue weighted by molar-refractivity contribution is 5.78.